The van der Waals surface area contributed by atoms with E-state index in [0.717, 1.165) is 37.0 Å². The number of carbonyl (C=O) groups is 1. The maximum atomic E-state index is 12.1. The number of nitrogens with one attached hydrogen (secondary N) is 1. The summed E-state index contributed by atoms with van der Waals surface area (Å²) in [6.45, 7) is 2.39. The summed E-state index contributed by atoms with van der Waals surface area (Å²) in [5.41, 5.74) is 0.332. The number of para-hydroxylation sites is 1. The number of benzene rings is 1. The van der Waals surface area contributed by atoms with Gasteiger partial charge in [-0.05, 0) is 30.4 Å². The molecule has 0 saturated heterocycles. The molecule has 1 saturated carbocycles. The second-order valence-corrected chi connectivity index (χ2v) is 6.41. The van der Waals surface area contributed by atoms with Crippen LogP contribution in [0.5, 0.6) is 5.75 Å². The highest BCUT2D eigenvalue weighted by Gasteiger charge is 2.29. The SMILES string of the molecule is COc1ccccc1C(C)CC(=O)NCC1(O)CCCCC1. The van der Waals surface area contributed by atoms with Crippen molar-refractivity contribution in [2.45, 2.75) is 57.0 Å². The van der Waals surface area contributed by atoms with Gasteiger partial charge in [0.15, 0.2) is 0 Å². The number of ether oxygens (including phenoxy) is 1. The van der Waals surface area contributed by atoms with Gasteiger partial charge >= 0.3 is 0 Å². The van der Waals surface area contributed by atoms with Gasteiger partial charge in [0.25, 0.3) is 0 Å². The highest BCUT2D eigenvalue weighted by atomic mass is 16.5. The first-order valence-corrected chi connectivity index (χ1v) is 8.16. The van der Waals surface area contributed by atoms with E-state index < -0.39 is 5.60 Å². The van der Waals surface area contributed by atoms with Gasteiger partial charge in [-0.1, -0.05) is 44.4 Å². The number of amides is 1. The van der Waals surface area contributed by atoms with Crippen molar-refractivity contribution in [3.63, 3.8) is 0 Å². The third-order valence-corrected chi connectivity index (χ3v) is 4.56. The Balaban J connectivity index is 1.86. The summed E-state index contributed by atoms with van der Waals surface area (Å²) in [6.07, 6.45) is 5.25. The Morgan fingerprint density at radius 3 is 2.68 bits per heavy atom. The molecule has 4 nitrogen and oxygen atoms in total. The Hall–Kier alpha value is -1.55. The van der Waals surface area contributed by atoms with E-state index in [9.17, 15) is 9.90 Å². The van der Waals surface area contributed by atoms with Gasteiger partial charge in [0.1, 0.15) is 5.75 Å². The average molecular weight is 305 g/mol. The van der Waals surface area contributed by atoms with Crippen LogP contribution in [0.25, 0.3) is 0 Å². The molecule has 1 unspecified atom stereocenters. The molecule has 0 radical (unpaired) electrons. The molecule has 0 bridgehead atoms. The Morgan fingerprint density at radius 1 is 1.32 bits per heavy atom. The van der Waals surface area contributed by atoms with E-state index in [0.29, 0.717) is 13.0 Å². The Kier molecular flexibility index (Phi) is 5.83. The van der Waals surface area contributed by atoms with Crippen LogP contribution in [0.2, 0.25) is 0 Å². The fourth-order valence-corrected chi connectivity index (χ4v) is 3.18. The minimum Gasteiger partial charge on any atom is -0.496 e. The Bertz CT molecular complexity index is 495. The summed E-state index contributed by atoms with van der Waals surface area (Å²) < 4.78 is 5.35. The van der Waals surface area contributed by atoms with Crippen LogP contribution in [-0.4, -0.2) is 30.3 Å². The van der Waals surface area contributed by atoms with Crippen molar-refractivity contribution >= 4 is 5.91 Å². The van der Waals surface area contributed by atoms with Crippen molar-refractivity contribution in [3.05, 3.63) is 29.8 Å². The summed E-state index contributed by atoms with van der Waals surface area (Å²) in [4.78, 5) is 12.1. The lowest BCUT2D eigenvalue weighted by atomic mass is 9.85. The molecule has 22 heavy (non-hydrogen) atoms. The molecule has 0 aromatic heterocycles. The lowest BCUT2D eigenvalue weighted by molar-refractivity contribution is -0.123. The van der Waals surface area contributed by atoms with Crippen LogP contribution >= 0.6 is 0 Å². The summed E-state index contributed by atoms with van der Waals surface area (Å²) >= 11 is 0. The molecule has 0 spiro atoms. The predicted molar refractivity (Wildman–Crippen MR) is 87.1 cm³/mol. The average Bonchev–Trinajstić information content (AvgIpc) is 2.53. The molecule has 4 heteroatoms. The Labute approximate surface area is 132 Å². The Morgan fingerprint density at radius 2 is 2.00 bits per heavy atom. The zero-order chi connectivity index (χ0) is 16.0. The largest absolute Gasteiger partial charge is 0.496 e. The van der Waals surface area contributed by atoms with E-state index in [-0.39, 0.29) is 11.8 Å². The molecule has 2 rings (SSSR count). The van der Waals surface area contributed by atoms with E-state index in [1.165, 1.54) is 6.42 Å². The summed E-state index contributed by atoms with van der Waals surface area (Å²) in [7, 11) is 1.64. The maximum absolute atomic E-state index is 12.1. The predicted octanol–water partition coefficient (Wildman–Crippen LogP) is 3.00. The van der Waals surface area contributed by atoms with Crippen molar-refractivity contribution in [1.82, 2.24) is 5.32 Å². The van der Waals surface area contributed by atoms with Crippen LogP contribution in [-0.2, 0) is 4.79 Å². The number of methoxy groups -OCH3 is 1. The minimum absolute atomic E-state index is 0.0163. The summed E-state index contributed by atoms with van der Waals surface area (Å²) in [5, 5.41) is 13.3. The lowest BCUT2D eigenvalue weighted by Crippen LogP contribution is -2.44. The molecule has 1 atom stereocenters. The van der Waals surface area contributed by atoms with Gasteiger partial charge in [-0.25, -0.2) is 0 Å². The first-order valence-electron chi connectivity index (χ1n) is 8.16. The van der Waals surface area contributed by atoms with E-state index in [4.69, 9.17) is 4.74 Å². The molecule has 1 aromatic rings. The molecule has 122 valence electrons. The second kappa shape index (κ2) is 7.63. The first-order chi connectivity index (χ1) is 10.5. The van der Waals surface area contributed by atoms with Crippen LogP contribution < -0.4 is 10.1 Å². The summed E-state index contributed by atoms with van der Waals surface area (Å²) in [5.74, 6) is 0.878. The number of hydrogen-bond donors (Lipinski definition) is 2. The molecule has 2 N–H and O–H groups in total. The van der Waals surface area contributed by atoms with Crippen LogP contribution in [0, 0.1) is 0 Å². The first kappa shape index (κ1) is 16.8. The van der Waals surface area contributed by atoms with E-state index in [1.807, 2.05) is 31.2 Å². The molecular weight excluding hydrogens is 278 g/mol. The highest BCUT2D eigenvalue weighted by Crippen LogP contribution is 2.29. The second-order valence-electron chi connectivity index (χ2n) is 6.41. The monoisotopic (exact) mass is 305 g/mol. The van der Waals surface area contributed by atoms with Gasteiger partial charge in [-0.2, -0.15) is 0 Å². The normalized spacial score (nSPS) is 18.5. The molecule has 0 heterocycles. The van der Waals surface area contributed by atoms with Gasteiger partial charge in [-0.3, -0.25) is 4.79 Å². The third kappa shape index (κ3) is 4.47. The van der Waals surface area contributed by atoms with Gasteiger partial charge < -0.3 is 15.2 Å². The van der Waals surface area contributed by atoms with Crippen molar-refractivity contribution < 1.29 is 14.6 Å². The van der Waals surface area contributed by atoms with Gasteiger partial charge in [0.05, 0.1) is 12.7 Å². The fraction of sp³-hybridized carbons (Fsp3) is 0.611. The molecule has 1 aliphatic rings. The van der Waals surface area contributed by atoms with Gasteiger partial charge in [0, 0.05) is 13.0 Å². The van der Waals surface area contributed by atoms with Crippen LogP contribution in [0.3, 0.4) is 0 Å². The zero-order valence-corrected chi connectivity index (χ0v) is 13.6. The maximum Gasteiger partial charge on any atom is 0.220 e. The van der Waals surface area contributed by atoms with Crippen molar-refractivity contribution in [2.24, 2.45) is 0 Å². The van der Waals surface area contributed by atoms with Crippen molar-refractivity contribution in [3.8, 4) is 5.75 Å². The minimum atomic E-state index is -0.707. The van der Waals surface area contributed by atoms with E-state index in [1.54, 1.807) is 7.11 Å². The lowest BCUT2D eigenvalue weighted by Gasteiger charge is -2.32. The van der Waals surface area contributed by atoms with Gasteiger partial charge in [-0.15, -0.1) is 0 Å². The third-order valence-electron chi connectivity index (χ3n) is 4.56. The van der Waals surface area contributed by atoms with Gasteiger partial charge in [0.2, 0.25) is 5.91 Å². The standard InChI is InChI=1S/C18H27NO3/c1-14(15-8-4-5-9-16(15)22-2)12-17(20)19-13-18(21)10-6-3-7-11-18/h4-5,8-9,14,21H,3,6-7,10-13H2,1-2H3,(H,19,20). The number of hydrogen-bond acceptors (Lipinski definition) is 3. The quantitative estimate of drug-likeness (QED) is 0.849. The molecule has 1 aliphatic carbocycles. The van der Waals surface area contributed by atoms with Crippen molar-refractivity contribution in [1.29, 1.82) is 0 Å². The topological polar surface area (TPSA) is 58.6 Å². The number of carbonyl (C=O) groups excluding carboxylic acids is 1. The fourth-order valence-electron chi connectivity index (χ4n) is 3.18. The molecule has 0 aliphatic heterocycles. The number of rotatable bonds is 6. The van der Waals surface area contributed by atoms with Crippen LogP contribution in [0.4, 0.5) is 0 Å². The molecule has 1 fully saturated rings. The van der Waals surface area contributed by atoms with E-state index in [2.05, 4.69) is 5.32 Å². The van der Waals surface area contributed by atoms with Crippen molar-refractivity contribution in [2.75, 3.05) is 13.7 Å². The van der Waals surface area contributed by atoms with Crippen LogP contribution in [0.15, 0.2) is 24.3 Å². The highest BCUT2D eigenvalue weighted by molar-refractivity contribution is 5.77. The molecule has 1 amide bonds. The van der Waals surface area contributed by atoms with E-state index >= 15 is 0 Å². The van der Waals surface area contributed by atoms with Crippen LogP contribution in [0.1, 0.15) is 56.9 Å². The molecular formula is C18H27NO3. The summed E-state index contributed by atoms with van der Waals surface area (Å²) in [6, 6.07) is 7.78. The molecule has 1 aromatic carbocycles. The smallest absolute Gasteiger partial charge is 0.220 e. The number of aliphatic hydroxyl groups is 1. The zero-order valence-electron chi connectivity index (χ0n) is 13.6.